The molecule has 0 unspecified atom stereocenters. The Balaban J connectivity index is 1.40. The van der Waals surface area contributed by atoms with Gasteiger partial charge in [0.1, 0.15) is 12.0 Å². The number of aromatic nitrogens is 3. The molecule has 1 aliphatic heterocycles. The third kappa shape index (κ3) is 2.80. The van der Waals surface area contributed by atoms with E-state index in [0.717, 1.165) is 18.4 Å². The molecule has 3 aromatic heterocycles. The number of furan rings is 1. The Labute approximate surface area is 138 Å². The van der Waals surface area contributed by atoms with E-state index in [1.807, 2.05) is 11.0 Å². The van der Waals surface area contributed by atoms with E-state index in [-0.39, 0.29) is 11.8 Å². The lowest BCUT2D eigenvalue weighted by Crippen LogP contribution is -2.38. The van der Waals surface area contributed by atoms with Gasteiger partial charge in [-0.15, -0.1) is 10.2 Å². The van der Waals surface area contributed by atoms with Crippen molar-refractivity contribution in [2.24, 2.45) is 0 Å². The minimum Gasteiger partial charge on any atom is -0.472 e. The average Bonchev–Trinajstić information content (AvgIpc) is 3.33. The van der Waals surface area contributed by atoms with Gasteiger partial charge in [-0.2, -0.15) is 0 Å². The lowest BCUT2D eigenvalue weighted by molar-refractivity contribution is 0.0700. The van der Waals surface area contributed by atoms with Crippen molar-refractivity contribution in [3.05, 3.63) is 54.6 Å². The zero-order valence-corrected chi connectivity index (χ0v) is 13.0. The summed E-state index contributed by atoms with van der Waals surface area (Å²) in [7, 11) is 0. The van der Waals surface area contributed by atoms with Crippen LogP contribution in [0.5, 0.6) is 0 Å². The van der Waals surface area contributed by atoms with Gasteiger partial charge in [0.15, 0.2) is 0 Å². The Morgan fingerprint density at radius 1 is 1.17 bits per heavy atom. The second kappa shape index (κ2) is 6.27. The van der Waals surface area contributed by atoms with E-state index in [0.29, 0.717) is 30.6 Å². The average molecular weight is 324 g/mol. The first kappa shape index (κ1) is 14.6. The van der Waals surface area contributed by atoms with E-state index < -0.39 is 0 Å². The summed E-state index contributed by atoms with van der Waals surface area (Å²) in [6.07, 6.45) is 6.37. The van der Waals surface area contributed by atoms with E-state index in [2.05, 4.69) is 15.2 Å². The highest BCUT2D eigenvalue weighted by Gasteiger charge is 2.28. The number of hydrogen-bond acceptors (Lipinski definition) is 6. The minimum absolute atomic E-state index is 0.0290. The molecule has 3 aromatic rings. The van der Waals surface area contributed by atoms with Gasteiger partial charge in [-0.3, -0.25) is 9.78 Å². The van der Waals surface area contributed by atoms with Crippen molar-refractivity contribution in [2.75, 3.05) is 13.1 Å². The second-order valence-corrected chi connectivity index (χ2v) is 5.74. The molecule has 0 aliphatic carbocycles. The molecule has 1 aliphatic rings. The monoisotopic (exact) mass is 324 g/mol. The maximum absolute atomic E-state index is 12.4. The smallest absolute Gasteiger partial charge is 0.272 e. The van der Waals surface area contributed by atoms with Crippen LogP contribution in [0.25, 0.3) is 11.5 Å². The van der Waals surface area contributed by atoms with Crippen LogP contribution in [-0.4, -0.2) is 39.1 Å². The van der Waals surface area contributed by atoms with Gasteiger partial charge in [0.05, 0.1) is 11.8 Å². The maximum Gasteiger partial charge on any atom is 0.272 e. The summed E-state index contributed by atoms with van der Waals surface area (Å²) in [6.45, 7) is 1.31. The number of pyridine rings is 1. The molecule has 0 aromatic carbocycles. The minimum atomic E-state index is -0.0290. The number of amides is 1. The number of hydrogen-bond donors (Lipinski definition) is 0. The molecule has 7 nitrogen and oxygen atoms in total. The molecule has 0 N–H and O–H groups in total. The molecule has 4 heterocycles. The first-order valence-corrected chi connectivity index (χ1v) is 7.87. The molecule has 1 saturated heterocycles. The molecule has 4 rings (SSSR count). The third-order valence-electron chi connectivity index (χ3n) is 4.22. The van der Waals surface area contributed by atoms with Gasteiger partial charge in [0, 0.05) is 25.2 Å². The molecule has 0 spiro atoms. The highest BCUT2D eigenvalue weighted by atomic mass is 16.4. The van der Waals surface area contributed by atoms with Crippen LogP contribution in [0.1, 0.15) is 35.1 Å². The van der Waals surface area contributed by atoms with Crippen LogP contribution in [0.3, 0.4) is 0 Å². The van der Waals surface area contributed by atoms with Crippen LogP contribution in [0.15, 0.2) is 51.8 Å². The lowest BCUT2D eigenvalue weighted by atomic mass is 9.96. The molecule has 0 saturated carbocycles. The summed E-state index contributed by atoms with van der Waals surface area (Å²) in [5.74, 6) is 1.23. The van der Waals surface area contributed by atoms with E-state index in [1.165, 1.54) is 0 Å². The fourth-order valence-electron chi connectivity index (χ4n) is 2.88. The van der Waals surface area contributed by atoms with E-state index in [9.17, 15) is 4.79 Å². The molecule has 0 atom stereocenters. The van der Waals surface area contributed by atoms with Crippen LogP contribution < -0.4 is 0 Å². The van der Waals surface area contributed by atoms with Crippen molar-refractivity contribution in [1.29, 1.82) is 0 Å². The molecule has 122 valence electrons. The van der Waals surface area contributed by atoms with Gasteiger partial charge in [-0.05, 0) is 31.0 Å². The van der Waals surface area contributed by atoms with E-state index in [4.69, 9.17) is 8.83 Å². The van der Waals surface area contributed by atoms with Crippen molar-refractivity contribution >= 4 is 5.91 Å². The van der Waals surface area contributed by atoms with Gasteiger partial charge in [-0.25, -0.2) is 0 Å². The number of carbonyl (C=O) groups is 1. The standard InChI is InChI=1S/C17H16N4O3/c22-17(14-3-1-2-7-18-14)21-8-4-12(5-9-21)15-19-20-16(24-15)13-6-10-23-11-13/h1-3,6-7,10-12H,4-5,8-9H2. The van der Waals surface area contributed by atoms with Crippen molar-refractivity contribution in [3.8, 4) is 11.5 Å². The molecular weight excluding hydrogens is 308 g/mol. The molecule has 0 radical (unpaired) electrons. The summed E-state index contributed by atoms with van der Waals surface area (Å²) < 4.78 is 10.8. The van der Waals surface area contributed by atoms with Crippen LogP contribution in [0, 0.1) is 0 Å². The van der Waals surface area contributed by atoms with Crippen molar-refractivity contribution < 1.29 is 13.6 Å². The van der Waals surface area contributed by atoms with E-state index in [1.54, 1.807) is 36.9 Å². The molecule has 24 heavy (non-hydrogen) atoms. The summed E-state index contributed by atoms with van der Waals surface area (Å²) in [6, 6.07) is 7.15. The third-order valence-corrected chi connectivity index (χ3v) is 4.22. The first-order valence-electron chi connectivity index (χ1n) is 7.87. The Kier molecular flexibility index (Phi) is 3.82. The first-order chi connectivity index (χ1) is 11.8. The number of rotatable bonds is 3. The molecular formula is C17H16N4O3. The Bertz CT molecular complexity index is 806. The number of nitrogens with zero attached hydrogens (tertiary/aromatic N) is 4. The lowest BCUT2D eigenvalue weighted by Gasteiger charge is -2.30. The maximum atomic E-state index is 12.4. The summed E-state index contributed by atoms with van der Waals surface area (Å²) >= 11 is 0. The van der Waals surface area contributed by atoms with E-state index >= 15 is 0 Å². The van der Waals surface area contributed by atoms with Crippen molar-refractivity contribution in [3.63, 3.8) is 0 Å². The topological polar surface area (TPSA) is 85.3 Å². The van der Waals surface area contributed by atoms with Crippen molar-refractivity contribution in [1.82, 2.24) is 20.1 Å². The van der Waals surface area contributed by atoms with Gasteiger partial charge in [0.2, 0.25) is 5.89 Å². The van der Waals surface area contributed by atoms with Crippen LogP contribution >= 0.6 is 0 Å². The second-order valence-electron chi connectivity index (χ2n) is 5.74. The number of piperidine rings is 1. The SMILES string of the molecule is O=C(c1ccccn1)N1CCC(c2nnc(-c3ccoc3)o2)CC1. The predicted molar refractivity (Wildman–Crippen MR) is 84.1 cm³/mol. The van der Waals surface area contributed by atoms with Crippen molar-refractivity contribution in [2.45, 2.75) is 18.8 Å². The normalized spacial score (nSPS) is 15.6. The van der Waals surface area contributed by atoms with Gasteiger partial charge >= 0.3 is 0 Å². The Morgan fingerprint density at radius 3 is 2.75 bits per heavy atom. The molecule has 7 heteroatoms. The highest BCUT2D eigenvalue weighted by molar-refractivity contribution is 5.92. The zero-order valence-electron chi connectivity index (χ0n) is 13.0. The zero-order chi connectivity index (χ0) is 16.4. The van der Waals surface area contributed by atoms with Gasteiger partial charge in [0.25, 0.3) is 11.8 Å². The largest absolute Gasteiger partial charge is 0.472 e. The molecule has 1 fully saturated rings. The highest BCUT2D eigenvalue weighted by Crippen LogP contribution is 2.29. The molecule has 1 amide bonds. The number of carbonyl (C=O) groups excluding carboxylic acids is 1. The van der Waals surface area contributed by atoms with Gasteiger partial charge < -0.3 is 13.7 Å². The fraction of sp³-hybridized carbons (Fsp3) is 0.294. The quantitative estimate of drug-likeness (QED) is 0.736. The summed E-state index contributed by atoms with van der Waals surface area (Å²) in [5, 5.41) is 8.22. The van der Waals surface area contributed by atoms with Crippen LogP contribution in [-0.2, 0) is 0 Å². The van der Waals surface area contributed by atoms with Crippen LogP contribution in [0.2, 0.25) is 0 Å². The molecule has 0 bridgehead atoms. The Morgan fingerprint density at radius 2 is 2.04 bits per heavy atom. The van der Waals surface area contributed by atoms with Crippen LogP contribution in [0.4, 0.5) is 0 Å². The Hall–Kier alpha value is -2.96. The number of likely N-dealkylation sites (tertiary alicyclic amines) is 1. The predicted octanol–water partition coefficient (Wildman–Crippen LogP) is 2.74. The van der Waals surface area contributed by atoms with Gasteiger partial charge in [-0.1, -0.05) is 6.07 Å². The summed E-state index contributed by atoms with van der Waals surface area (Å²) in [5.41, 5.74) is 1.26. The summed E-state index contributed by atoms with van der Waals surface area (Å²) in [4.78, 5) is 18.4. The fourth-order valence-corrected chi connectivity index (χ4v) is 2.88.